The lowest BCUT2D eigenvalue weighted by atomic mass is 9.64. The Morgan fingerprint density at radius 3 is 1.52 bits per heavy atom. The third kappa shape index (κ3) is 8.10. The van der Waals surface area contributed by atoms with Crippen LogP contribution in [0.1, 0.15) is 72.6 Å². The van der Waals surface area contributed by atoms with Gasteiger partial charge in [-0.2, -0.15) is 0 Å². The van der Waals surface area contributed by atoms with Gasteiger partial charge in [-0.3, -0.25) is 0 Å². The number of hydrogen-bond donors (Lipinski definition) is 4. The zero-order valence-corrected chi connectivity index (χ0v) is 30.8. The van der Waals surface area contributed by atoms with Gasteiger partial charge in [-0.1, -0.05) is 48.5 Å². The first-order valence-corrected chi connectivity index (χ1v) is 19.3. The maximum atomic E-state index is 6.23. The van der Waals surface area contributed by atoms with Crippen molar-refractivity contribution < 1.29 is 9.31 Å². The van der Waals surface area contributed by atoms with Crippen molar-refractivity contribution in [1.82, 2.24) is 24.9 Å². The van der Waals surface area contributed by atoms with Gasteiger partial charge in [-0.15, -0.1) is 0 Å². The quantitative estimate of drug-likeness (QED) is 0.304. The molecule has 0 bridgehead atoms. The highest BCUT2D eigenvalue weighted by atomic mass is 16.7. The number of anilines is 2. The molecule has 0 spiro atoms. The van der Waals surface area contributed by atoms with Gasteiger partial charge < -0.3 is 44.7 Å². The van der Waals surface area contributed by atoms with E-state index in [1.807, 2.05) is 7.55 Å². The second-order valence-corrected chi connectivity index (χ2v) is 15.7. The van der Waals surface area contributed by atoms with Crippen molar-refractivity contribution in [3.8, 4) is 0 Å². The lowest BCUT2D eigenvalue weighted by Gasteiger charge is -2.37. The molecular weight excluding hydrogens is 618 g/mol. The van der Waals surface area contributed by atoms with E-state index in [0.29, 0.717) is 7.12 Å². The SMILES string of the molecule is C1CCN(B(N2CCCC2)N2CCCC2)C1.CC1(C)OB(c2cccc(B3Nc4cccc5cccc(c45)N3)c2)OC1(C)C.[B]1NCCCN1. The average Bonchev–Trinajstić information content (AvgIpc) is 3.98. The number of benzene rings is 3. The minimum Gasteiger partial charge on any atom is -0.405 e. The topological polar surface area (TPSA) is 76.3 Å². The van der Waals surface area contributed by atoms with Gasteiger partial charge in [-0.05, 0) is 153 Å². The van der Waals surface area contributed by atoms with Gasteiger partial charge in [0.15, 0.2) is 0 Å². The highest BCUT2D eigenvalue weighted by Gasteiger charge is 2.51. The smallest absolute Gasteiger partial charge is 0.405 e. The third-order valence-electron chi connectivity index (χ3n) is 11.5. The molecule has 3 aromatic rings. The predicted octanol–water partition coefficient (Wildman–Crippen LogP) is 3.73. The van der Waals surface area contributed by atoms with Crippen molar-refractivity contribution in [2.75, 3.05) is 62.8 Å². The van der Waals surface area contributed by atoms with E-state index in [4.69, 9.17) is 9.31 Å². The molecule has 6 heterocycles. The van der Waals surface area contributed by atoms with Crippen LogP contribution in [0.2, 0.25) is 0 Å². The molecule has 50 heavy (non-hydrogen) atoms. The Kier molecular flexibility index (Phi) is 11.5. The average molecular weight is 674 g/mol. The number of hydrogen-bond acceptors (Lipinski definition) is 9. The maximum absolute atomic E-state index is 6.23. The summed E-state index contributed by atoms with van der Waals surface area (Å²) >= 11 is 0. The van der Waals surface area contributed by atoms with Gasteiger partial charge in [0.2, 0.25) is 0 Å². The minimum absolute atomic E-state index is 0.0112. The van der Waals surface area contributed by atoms with Crippen LogP contribution in [0.5, 0.6) is 0 Å². The van der Waals surface area contributed by atoms with Crippen molar-refractivity contribution in [2.24, 2.45) is 0 Å². The number of nitrogens with zero attached hydrogens (tertiary/aromatic N) is 3. The second kappa shape index (κ2) is 16.0. The molecule has 1 radical (unpaired) electrons. The summed E-state index contributed by atoms with van der Waals surface area (Å²) in [6.07, 6.45) is 9.74. The first-order chi connectivity index (χ1) is 24.3. The molecule has 3 aromatic carbocycles. The molecule has 13 heteroatoms. The van der Waals surface area contributed by atoms with Crippen LogP contribution in [0.25, 0.3) is 10.8 Å². The van der Waals surface area contributed by atoms with E-state index < -0.39 is 0 Å². The lowest BCUT2D eigenvalue weighted by molar-refractivity contribution is 0.00578. The molecule has 0 aliphatic carbocycles. The number of nitrogens with one attached hydrogen (secondary N) is 4. The van der Waals surface area contributed by atoms with E-state index in [2.05, 4.69) is 124 Å². The first-order valence-electron chi connectivity index (χ1n) is 19.3. The van der Waals surface area contributed by atoms with Crippen LogP contribution in [-0.2, 0) is 9.31 Å². The molecular formula is C37H56B4N7O2. The van der Waals surface area contributed by atoms with E-state index in [1.54, 1.807) is 0 Å². The van der Waals surface area contributed by atoms with Gasteiger partial charge in [-0.25, -0.2) is 0 Å². The molecule has 0 aromatic heterocycles. The van der Waals surface area contributed by atoms with Crippen LogP contribution in [-0.4, -0.2) is 107 Å². The Balaban J connectivity index is 0.000000148. The van der Waals surface area contributed by atoms with Crippen molar-refractivity contribution >= 4 is 61.8 Å². The van der Waals surface area contributed by atoms with Crippen molar-refractivity contribution in [1.29, 1.82) is 0 Å². The molecule has 0 amide bonds. The Morgan fingerprint density at radius 1 is 0.620 bits per heavy atom. The molecule has 4 N–H and O–H groups in total. The van der Waals surface area contributed by atoms with Crippen LogP contribution in [0.15, 0.2) is 60.7 Å². The fourth-order valence-corrected chi connectivity index (χ4v) is 8.08. The van der Waals surface area contributed by atoms with Gasteiger partial charge in [0.05, 0.1) is 11.2 Å². The summed E-state index contributed by atoms with van der Waals surface area (Å²) in [6.45, 7) is 18.6. The van der Waals surface area contributed by atoms with E-state index in [1.165, 1.54) is 95.0 Å². The zero-order valence-electron chi connectivity index (χ0n) is 30.8. The second-order valence-electron chi connectivity index (χ2n) is 15.7. The van der Waals surface area contributed by atoms with E-state index >= 15 is 0 Å². The predicted molar refractivity (Wildman–Crippen MR) is 213 cm³/mol. The molecule has 0 saturated carbocycles. The van der Waals surface area contributed by atoms with Gasteiger partial charge >= 0.3 is 28.8 Å². The van der Waals surface area contributed by atoms with Crippen molar-refractivity contribution in [3.63, 3.8) is 0 Å². The summed E-state index contributed by atoms with van der Waals surface area (Å²) in [5.41, 5.74) is 3.80. The first kappa shape index (κ1) is 35.9. The monoisotopic (exact) mass is 674 g/mol. The molecule has 6 aliphatic rings. The third-order valence-corrected chi connectivity index (χ3v) is 11.5. The Labute approximate surface area is 302 Å². The van der Waals surface area contributed by atoms with Gasteiger partial charge in [0.1, 0.15) is 0 Å². The fraction of sp³-hybridized carbons (Fsp3) is 0.568. The summed E-state index contributed by atoms with van der Waals surface area (Å²) in [7, 11) is 2.19. The Hall–Kier alpha value is -2.50. The summed E-state index contributed by atoms with van der Waals surface area (Å²) in [4.78, 5) is 8.20. The maximum Gasteiger partial charge on any atom is 0.494 e. The van der Waals surface area contributed by atoms with Crippen LogP contribution < -0.4 is 31.8 Å². The zero-order chi connectivity index (χ0) is 34.6. The molecule has 0 unspecified atom stereocenters. The number of rotatable bonds is 5. The molecule has 5 fully saturated rings. The van der Waals surface area contributed by atoms with Crippen molar-refractivity contribution in [3.05, 3.63) is 60.7 Å². The standard InChI is InChI=1S/C22H24B2N2O2.C12H24BN3.C3H8BN2/c1-21(2)22(3,4)28-24(27-21)17-11-7-10-16(14-17)23-25-18-12-5-8-15-9-6-13-19(26-23)20(15)18;1-2-8-14(7-1)13(15-9-3-4-10-15)16-11-5-6-12-16;1-2-5-4-6-3-1/h5-14,25-26H,1-4H3;1-12H2;5-6H,1-3H2. The lowest BCUT2D eigenvalue weighted by Crippen LogP contribution is -2.60. The summed E-state index contributed by atoms with van der Waals surface area (Å²) in [5, 5.41) is 15.8. The molecule has 9 rings (SSSR count). The molecule has 6 aliphatic heterocycles. The summed E-state index contributed by atoms with van der Waals surface area (Å²) in [6, 6.07) is 21.2. The van der Waals surface area contributed by atoms with Gasteiger partial charge in [0.25, 0.3) is 0 Å². The van der Waals surface area contributed by atoms with Crippen LogP contribution in [0, 0.1) is 0 Å². The normalized spacial score (nSPS) is 23.0. The molecule has 263 valence electrons. The van der Waals surface area contributed by atoms with Crippen LogP contribution >= 0.6 is 0 Å². The van der Waals surface area contributed by atoms with E-state index in [9.17, 15) is 0 Å². The van der Waals surface area contributed by atoms with Crippen LogP contribution in [0.4, 0.5) is 11.4 Å². The molecule has 9 nitrogen and oxygen atoms in total. The fourth-order valence-electron chi connectivity index (χ4n) is 8.08. The highest BCUT2D eigenvalue weighted by molar-refractivity contribution is 6.80. The van der Waals surface area contributed by atoms with Crippen molar-refractivity contribution in [2.45, 2.75) is 83.8 Å². The minimum atomic E-state index is -0.357. The summed E-state index contributed by atoms with van der Waals surface area (Å²) < 4.78 is 12.5. The summed E-state index contributed by atoms with van der Waals surface area (Å²) in [5.74, 6) is 0. The Bertz CT molecular complexity index is 1450. The highest BCUT2D eigenvalue weighted by Crippen LogP contribution is 2.37. The van der Waals surface area contributed by atoms with E-state index in [0.717, 1.165) is 35.4 Å². The van der Waals surface area contributed by atoms with E-state index in [-0.39, 0.29) is 25.3 Å². The largest absolute Gasteiger partial charge is 0.494 e. The molecule has 0 atom stereocenters. The van der Waals surface area contributed by atoms with Gasteiger partial charge in [0, 0.05) is 16.8 Å². The molecule has 5 saturated heterocycles. The van der Waals surface area contributed by atoms with Crippen LogP contribution in [0.3, 0.4) is 0 Å². The Morgan fingerprint density at radius 2 is 1.08 bits per heavy atom.